The van der Waals surface area contributed by atoms with Gasteiger partial charge in [-0.25, -0.2) is 0 Å². The molecule has 0 radical (unpaired) electrons. The molecule has 2 unspecified atom stereocenters. The van der Waals surface area contributed by atoms with E-state index in [0.717, 1.165) is 0 Å². The number of nitrogens with zero attached hydrogens (tertiary/aromatic N) is 8. The molecule has 76 heavy (non-hydrogen) atoms. The van der Waals surface area contributed by atoms with E-state index in [1.807, 2.05) is 105 Å². The van der Waals surface area contributed by atoms with Gasteiger partial charge in [0, 0.05) is 105 Å². The molecule has 2 saturated heterocycles. The molecule has 0 aromatic heterocycles. The fourth-order valence-electron chi connectivity index (χ4n) is 8.45. The van der Waals surface area contributed by atoms with Gasteiger partial charge < -0.3 is 39.4 Å². The molecule has 440 valence electrons. The second kappa shape index (κ2) is 33.0. The zero-order valence-corrected chi connectivity index (χ0v) is 48.4. The van der Waals surface area contributed by atoms with Crippen LogP contribution in [0.25, 0.3) is 0 Å². The molecule has 2 heterocycles. The number of rotatable bonds is 18. The van der Waals surface area contributed by atoms with Crippen LogP contribution in [0, 0.1) is 0 Å². The summed E-state index contributed by atoms with van der Waals surface area (Å²) in [6.07, 6.45) is 0.899. The fraction of sp³-hybridized carbons (Fsp3) is 0.846. The van der Waals surface area contributed by atoms with Crippen molar-refractivity contribution in [3.05, 3.63) is 0 Å². The third-order valence-corrected chi connectivity index (χ3v) is 11.8. The first-order valence-electron chi connectivity index (χ1n) is 26.6. The Bertz CT molecular complexity index is 1770. The van der Waals surface area contributed by atoms with E-state index in [9.17, 15) is 53.7 Å². The summed E-state index contributed by atoms with van der Waals surface area (Å²) in [5.41, 5.74) is -2.51. The Labute approximate surface area is 451 Å². The minimum Gasteiger partial charge on any atom is -0.480 e. The van der Waals surface area contributed by atoms with Crippen LogP contribution in [-0.2, 0) is 57.3 Å². The second-order valence-electron chi connectivity index (χ2n) is 23.4. The van der Waals surface area contributed by atoms with E-state index >= 15 is 0 Å². The van der Waals surface area contributed by atoms with Crippen LogP contribution < -0.4 is 0 Å². The predicted molar refractivity (Wildman–Crippen MR) is 284 cm³/mol. The van der Waals surface area contributed by atoms with Gasteiger partial charge in [-0.3, -0.25) is 77.6 Å². The van der Waals surface area contributed by atoms with Gasteiger partial charge in [0.1, 0.15) is 34.5 Å². The summed E-state index contributed by atoms with van der Waals surface area (Å²) in [5, 5.41) is 37.0. The summed E-state index contributed by atoms with van der Waals surface area (Å²) in [6.45, 7) is 31.5. The van der Waals surface area contributed by atoms with Crippen molar-refractivity contribution < 1.29 is 77.7 Å². The van der Waals surface area contributed by atoms with Crippen LogP contribution in [0.4, 0.5) is 0 Å². The Hall–Kier alpha value is -4.56. The summed E-state index contributed by atoms with van der Waals surface area (Å²) in [4.78, 5) is 112. The van der Waals surface area contributed by atoms with Crippen LogP contribution in [0.2, 0.25) is 0 Å². The zero-order valence-electron chi connectivity index (χ0n) is 48.4. The Morgan fingerprint density at radius 1 is 0.342 bits per heavy atom. The lowest BCUT2D eigenvalue weighted by Crippen LogP contribution is -2.53. The number of hydrogen-bond donors (Lipinski definition) is 4. The molecule has 0 amide bonds. The Morgan fingerprint density at radius 2 is 0.553 bits per heavy atom. The maximum atomic E-state index is 13.4. The van der Waals surface area contributed by atoms with Crippen molar-refractivity contribution in [2.45, 2.75) is 144 Å². The number of hydrogen-bond acceptors (Lipinski definition) is 20. The second-order valence-corrected chi connectivity index (χ2v) is 23.4. The molecule has 24 heteroatoms. The summed E-state index contributed by atoms with van der Waals surface area (Å²) >= 11 is 0. The molecular formula is C52H96N8O16. The molecule has 0 aromatic carbocycles. The van der Waals surface area contributed by atoms with Crippen LogP contribution in [0.15, 0.2) is 0 Å². The third kappa shape index (κ3) is 32.9. The first-order chi connectivity index (χ1) is 35.0. The molecule has 0 saturated carbocycles. The lowest BCUT2D eigenvalue weighted by molar-refractivity contribution is -0.163. The van der Waals surface area contributed by atoms with Crippen LogP contribution in [0.1, 0.15) is 110 Å². The predicted octanol–water partition coefficient (Wildman–Crippen LogP) is 1.68. The van der Waals surface area contributed by atoms with Gasteiger partial charge in [0.15, 0.2) is 0 Å². The molecular weight excluding hydrogens is 993 g/mol. The highest BCUT2D eigenvalue weighted by Crippen LogP contribution is 2.17. The molecule has 0 aliphatic carbocycles. The van der Waals surface area contributed by atoms with Crippen molar-refractivity contribution in [1.29, 1.82) is 0 Å². The Morgan fingerprint density at radius 3 is 0.750 bits per heavy atom. The number of carbonyl (C=O) groups is 8. The van der Waals surface area contributed by atoms with Crippen molar-refractivity contribution in [3.63, 3.8) is 0 Å². The first-order valence-corrected chi connectivity index (χ1v) is 26.6. The average Bonchev–Trinajstić information content (AvgIpc) is 3.22. The van der Waals surface area contributed by atoms with Gasteiger partial charge >= 0.3 is 47.8 Å². The number of esters is 4. The lowest BCUT2D eigenvalue weighted by Gasteiger charge is -2.37. The van der Waals surface area contributed by atoms with Crippen LogP contribution in [0.5, 0.6) is 0 Å². The van der Waals surface area contributed by atoms with Gasteiger partial charge in [-0.05, 0) is 95.9 Å². The normalized spacial score (nSPS) is 19.1. The topological polar surface area (TPSA) is 280 Å². The molecule has 2 atom stereocenters. The van der Waals surface area contributed by atoms with E-state index in [4.69, 9.17) is 24.1 Å². The van der Waals surface area contributed by atoms with E-state index < -0.39 is 58.4 Å². The molecule has 0 bridgehead atoms. The Balaban J connectivity index is 0.000000830. The van der Waals surface area contributed by atoms with Crippen LogP contribution in [0.3, 0.4) is 0 Å². The van der Waals surface area contributed by atoms with Crippen molar-refractivity contribution >= 4 is 47.8 Å². The summed E-state index contributed by atoms with van der Waals surface area (Å²) in [7, 11) is 0. The van der Waals surface area contributed by atoms with E-state index in [2.05, 4.69) is 4.90 Å². The van der Waals surface area contributed by atoms with Crippen molar-refractivity contribution in [2.75, 3.05) is 144 Å². The van der Waals surface area contributed by atoms with E-state index in [1.165, 1.54) is 0 Å². The number of carbonyl (C=O) groups excluding carboxylic acids is 4. The molecule has 2 fully saturated rings. The molecule has 24 nitrogen and oxygen atoms in total. The highest BCUT2D eigenvalue weighted by molar-refractivity contribution is 5.76. The fourth-order valence-corrected chi connectivity index (χ4v) is 8.45. The highest BCUT2D eigenvalue weighted by Gasteiger charge is 2.32. The summed E-state index contributed by atoms with van der Waals surface area (Å²) in [5.74, 6) is -5.36. The van der Waals surface area contributed by atoms with E-state index in [0.29, 0.717) is 118 Å². The van der Waals surface area contributed by atoms with Crippen LogP contribution in [-0.4, -0.2) is 286 Å². The quantitative estimate of drug-likeness (QED) is 0.112. The minimum atomic E-state index is -1.02. The van der Waals surface area contributed by atoms with Gasteiger partial charge in [0.25, 0.3) is 0 Å². The smallest absolute Gasteiger partial charge is 0.323 e. The number of carboxylic acids is 4. The molecule has 0 aromatic rings. The largest absolute Gasteiger partial charge is 0.480 e. The van der Waals surface area contributed by atoms with Crippen molar-refractivity contribution in [2.24, 2.45) is 0 Å². The lowest BCUT2D eigenvalue weighted by atomic mass is 10.1. The van der Waals surface area contributed by atoms with Crippen LogP contribution >= 0.6 is 0 Å². The number of aliphatic carboxylic acids is 4. The monoisotopic (exact) mass is 1090 g/mol. The molecule has 2 rings (SSSR count). The molecule has 4 N–H and O–H groups in total. The molecule has 2 aliphatic rings. The standard InChI is InChI=1S/C34H64N4O8.C18H32N4O8/c1-14-26(30(42)46-34(11,12)13)38-21-19-36(24-28(40)44-32(5,6)7)17-15-35(23-27(39)43-31(2,3)4)16-18-37(20-22-38)25-29(41)45-33(8,9)10;1-2-14(18(29)30)22-9-7-20(12-16(25)26)5-3-19(11-15(23)24)4-6-21(8-10-22)13-17(27)28/h26H,14-25H2,1-13H3;14H,2-13H2,1H3,(H,23,24)(H,25,26)(H,27,28)(H,29,30). The maximum absolute atomic E-state index is 13.4. The van der Waals surface area contributed by atoms with Gasteiger partial charge in [0.2, 0.25) is 0 Å². The van der Waals surface area contributed by atoms with Gasteiger partial charge in [-0.1, -0.05) is 13.8 Å². The van der Waals surface area contributed by atoms with E-state index in [1.54, 1.807) is 26.5 Å². The maximum Gasteiger partial charge on any atom is 0.323 e. The SMILES string of the molecule is CCC(C(=O)O)N1CCN(CC(=O)O)CCN(CC(=O)O)CCN(CC(=O)O)CC1.CCC(C(=O)OC(C)(C)C)N1CCN(CC(=O)OC(C)(C)C)CCN(CC(=O)OC(C)(C)C)CCN(CC(=O)OC(C)(C)C)CC1. The number of ether oxygens (including phenoxy) is 4. The highest BCUT2D eigenvalue weighted by atomic mass is 16.6. The average molecular weight is 1090 g/mol. The summed E-state index contributed by atoms with van der Waals surface area (Å²) < 4.78 is 22.7. The molecule has 0 spiro atoms. The minimum absolute atomic E-state index is 0.0688. The third-order valence-electron chi connectivity index (χ3n) is 11.8. The number of carboxylic acid groups (broad SMARTS) is 4. The van der Waals surface area contributed by atoms with Gasteiger partial charge in [0.05, 0.1) is 39.3 Å². The summed E-state index contributed by atoms with van der Waals surface area (Å²) in [6, 6.07) is -1.26. The zero-order chi connectivity index (χ0) is 58.2. The first kappa shape index (κ1) is 69.5. The van der Waals surface area contributed by atoms with Crippen molar-refractivity contribution in [1.82, 2.24) is 39.2 Å². The molecule has 2 aliphatic heterocycles. The van der Waals surface area contributed by atoms with Crippen molar-refractivity contribution in [3.8, 4) is 0 Å². The van der Waals surface area contributed by atoms with Gasteiger partial charge in [-0.2, -0.15) is 0 Å². The van der Waals surface area contributed by atoms with Gasteiger partial charge in [-0.15, -0.1) is 0 Å². The Kier molecular flexibility index (Phi) is 30.2. The van der Waals surface area contributed by atoms with E-state index in [-0.39, 0.29) is 63.1 Å².